The second-order valence-electron chi connectivity index (χ2n) is 4.42. The molecule has 1 fully saturated rings. The predicted octanol–water partition coefficient (Wildman–Crippen LogP) is 2.73. The molecule has 1 aliphatic rings. The van der Waals surface area contributed by atoms with E-state index in [1.807, 2.05) is 0 Å². The monoisotopic (exact) mass is 211 g/mol. The van der Waals surface area contributed by atoms with Crippen molar-refractivity contribution in [1.29, 1.82) is 0 Å². The molecule has 1 aliphatic carbocycles. The fraction of sp³-hybridized carbons (Fsp3) is 0.600. The molecule has 3 nitrogen and oxygen atoms in total. The highest BCUT2D eigenvalue weighted by molar-refractivity contribution is 6.31. The van der Waals surface area contributed by atoms with Crippen LogP contribution in [-0.4, -0.2) is 16.0 Å². The van der Waals surface area contributed by atoms with E-state index in [1.165, 1.54) is 12.8 Å². The van der Waals surface area contributed by atoms with Crippen LogP contribution in [0.3, 0.4) is 0 Å². The predicted molar refractivity (Wildman–Crippen MR) is 57.5 cm³/mol. The molecule has 1 saturated carbocycles. The van der Waals surface area contributed by atoms with E-state index in [1.54, 1.807) is 12.4 Å². The smallest absolute Gasteiger partial charge is 0.171 e. The number of aromatic nitrogens is 2. The molecule has 0 amide bonds. The Morgan fingerprint density at radius 1 is 1.43 bits per heavy atom. The molecule has 0 aromatic carbocycles. The van der Waals surface area contributed by atoms with Crippen LogP contribution in [0, 0.1) is 5.41 Å². The molecule has 1 atom stereocenters. The van der Waals surface area contributed by atoms with Crippen LogP contribution in [0.25, 0.3) is 0 Å². The largest absolute Gasteiger partial charge is 0.364 e. The standard InChI is InChI=1S/C10H14ClN3/c1-10(2)4-3-7(10)14-9-8(11)12-5-6-13-9/h5-7H,3-4H2,1-2H3,(H,13,14). The van der Waals surface area contributed by atoms with Gasteiger partial charge in [0.05, 0.1) is 0 Å². The van der Waals surface area contributed by atoms with Gasteiger partial charge >= 0.3 is 0 Å². The third-order valence-corrected chi connectivity index (χ3v) is 3.26. The fourth-order valence-corrected chi connectivity index (χ4v) is 1.88. The van der Waals surface area contributed by atoms with Gasteiger partial charge in [0.15, 0.2) is 11.0 Å². The highest BCUT2D eigenvalue weighted by atomic mass is 35.5. The van der Waals surface area contributed by atoms with Crippen LogP contribution >= 0.6 is 11.6 Å². The van der Waals surface area contributed by atoms with Crippen molar-refractivity contribution >= 4 is 17.4 Å². The zero-order chi connectivity index (χ0) is 10.2. The zero-order valence-corrected chi connectivity index (χ0v) is 9.17. The van der Waals surface area contributed by atoms with E-state index >= 15 is 0 Å². The molecule has 0 spiro atoms. The van der Waals surface area contributed by atoms with E-state index in [-0.39, 0.29) is 0 Å². The number of nitrogens with one attached hydrogen (secondary N) is 1. The van der Waals surface area contributed by atoms with Gasteiger partial charge in [-0.1, -0.05) is 25.4 Å². The third-order valence-electron chi connectivity index (χ3n) is 2.99. The third kappa shape index (κ3) is 1.69. The lowest BCUT2D eigenvalue weighted by atomic mass is 9.67. The summed E-state index contributed by atoms with van der Waals surface area (Å²) in [5.41, 5.74) is 0.348. The average molecular weight is 212 g/mol. The van der Waals surface area contributed by atoms with Gasteiger partial charge in [-0.2, -0.15) is 0 Å². The van der Waals surface area contributed by atoms with Crippen molar-refractivity contribution in [3.63, 3.8) is 0 Å². The Kier molecular flexibility index (Phi) is 2.35. The molecule has 1 N–H and O–H groups in total. The summed E-state index contributed by atoms with van der Waals surface area (Å²) in [7, 11) is 0. The molecule has 1 aromatic rings. The van der Waals surface area contributed by atoms with Crippen molar-refractivity contribution in [1.82, 2.24) is 9.97 Å². The Balaban J connectivity index is 2.08. The second kappa shape index (κ2) is 3.39. The van der Waals surface area contributed by atoms with Crippen LogP contribution in [0.5, 0.6) is 0 Å². The Labute approximate surface area is 88.9 Å². The van der Waals surface area contributed by atoms with Gasteiger partial charge in [0, 0.05) is 18.4 Å². The molecular formula is C10H14ClN3. The molecule has 0 bridgehead atoms. The first kappa shape index (κ1) is 9.71. The SMILES string of the molecule is CC1(C)CCC1Nc1nccnc1Cl. The average Bonchev–Trinajstić information content (AvgIpc) is 2.15. The number of rotatable bonds is 2. The molecule has 76 valence electrons. The summed E-state index contributed by atoms with van der Waals surface area (Å²) in [4.78, 5) is 8.14. The van der Waals surface area contributed by atoms with Crippen molar-refractivity contribution in [2.45, 2.75) is 32.7 Å². The van der Waals surface area contributed by atoms with Crippen molar-refractivity contribution in [3.8, 4) is 0 Å². The maximum absolute atomic E-state index is 5.91. The number of halogens is 1. The van der Waals surface area contributed by atoms with Gasteiger partial charge in [-0.25, -0.2) is 9.97 Å². The van der Waals surface area contributed by atoms with E-state index in [0.29, 0.717) is 22.4 Å². The van der Waals surface area contributed by atoms with Crippen molar-refractivity contribution < 1.29 is 0 Å². The van der Waals surface area contributed by atoms with E-state index < -0.39 is 0 Å². The molecule has 0 radical (unpaired) electrons. The molecule has 1 heterocycles. The van der Waals surface area contributed by atoms with Crippen molar-refractivity contribution in [2.75, 3.05) is 5.32 Å². The summed E-state index contributed by atoms with van der Waals surface area (Å²) in [6.07, 6.45) is 5.68. The zero-order valence-electron chi connectivity index (χ0n) is 8.42. The number of hydrogen-bond donors (Lipinski definition) is 1. The summed E-state index contributed by atoms with van der Waals surface area (Å²) in [5.74, 6) is 0.701. The highest BCUT2D eigenvalue weighted by Crippen LogP contribution is 2.41. The molecule has 14 heavy (non-hydrogen) atoms. The molecule has 1 aromatic heterocycles. The second-order valence-corrected chi connectivity index (χ2v) is 4.78. The van der Waals surface area contributed by atoms with Gasteiger partial charge < -0.3 is 5.32 Å². The number of hydrogen-bond acceptors (Lipinski definition) is 3. The number of nitrogens with zero attached hydrogens (tertiary/aromatic N) is 2. The lowest BCUT2D eigenvalue weighted by Gasteiger charge is -2.45. The van der Waals surface area contributed by atoms with Gasteiger partial charge in [0.2, 0.25) is 0 Å². The Morgan fingerprint density at radius 2 is 2.14 bits per heavy atom. The molecule has 4 heteroatoms. The van der Waals surface area contributed by atoms with E-state index in [9.17, 15) is 0 Å². The van der Waals surface area contributed by atoms with Crippen LogP contribution < -0.4 is 5.32 Å². The summed E-state index contributed by atoms with van der Waals surface area (Å²) < 4.78 is 0. The van der Waals surface area contributed by atoms with Crippen LogP contribution in [0.2, 0.25) is 5.15 Å². The first-order chi connectivity index (χ1) is 6.59. The summed E-state index contributed by atoms with van der Waals surface area (Å²) in [5, 5.41) is 3.79. The van der Waals surface area contributed by atoms with Crippen molar-refractivity contribution in [3.05, 3.63) is 17.5 Å². The van der Waals surface area contributed by atoms with Gasteiger partial charge in [-0.15, -0.1) is 0 Å². The minimum absolute atomic E-state index is 0.348. The van der Waals surface area contributed by atoms with Gasteiger partial charge in [0.25, 0.3) is 0 Å². The summed E-state index contributed by atoms with van der Waals surface area (Å²) >= 11 is 5.91. The Morgan fingerprint density at radius 3 is 2.64 bits per heavy atom. The number of anilines is 1. The van der Waals surface area contributed by atoms with E-state index in [2.05, 4.69) is 29.1 Å². The fourth-order valence-electron chi connectivity index (χ4n) is 1.72. The first-order valence-corrected chi connectivity index (χ1v) is 5.20. The first-order valence-electron chi connectivity index (χ1n) is 4.83. The molecule has 2 rings (SSSR count). The maximum Gasteiger partial charge on any atom is 0.171 e. The normalized spacial score (nSPS) is 24.1. The van der Waals surface area contributed by atoms with Gasteiger partial charge in [0.1, 0.15) is 0 Å². The molecular weight excluding hydrogens is 198 g/mol. The van der Waals surface area contributed by atoms with Crippen LogP contribution in [0.4, 0.5) is 5.82 Å². The molecule has 0 saturated heterocycles. The maximum atomic E-state index is 5.91. The minimum atomic E-state index is 0.348. The van der Waals surface area contributed by atoms with Crippen LogP contribution in [0.1, 0.15) is 26.7 Å². The Bertz CT molecular complexity index is 338. The molecule has 0 aliphatic heterocycles. The van der Waals surface area contributed by atoms with E-state index in [4.69, 9.17) is 11.6 Å². The quantitative estimate of drug-likeness (QED) is 0.818. The van der Waals surface area contributed by atoms with Crippen LogP contribution in [0.15, 0.2) is 12.4 Å². The molecule has 1 unspecified atom stereocenters. The lowest BCUT2D eigenvalue weighted by molar-refractivity contribution is 0.159. The topological polar surface area (TPSA) is 37.8 Å². The summed E-state index contributed by atoms with van der Waals surface area (Å²) in [6, 6.07) is 0.469. The van der Waals surface area contributed by atoms with Gasteiger partial charge in [-0.05, 0) is 18.3 Å². The lowest BCUT2D eigenvalue weighted by Crippen LogP contribution is -2.45. The van der Waals surface area contributed by atoms with Gasteiger partial charge in [-0.3, -0.25) is 0 Å². The van der Waals surface area contributed by atoms with Crippen LogP contribution in [-0.2, 0) is 0 Å². The Hall–Kier alpha value is -0.830. The minimum Gasteiger partial charge on any atom is -0.364 e. The highest BCUT2D eigenvalue weighted by Gasteiger charge is 2.38. The van der Waals surface area contributed by atoms with E-state index in [0.717, 1.165) is 0 Å². The van der Waals surface area contributed by atoms with Crippen molar-refractivity contribution in [2.24, 2.45) is 5.41 Å². The summed E-state index contributed by atoms with van der Waals surface area (Å²) in [6.45, 7) is 4.50.